The zero-order valence-electron chi connectivity index (χ0n) is 16.2. The van der Waals surface area contributed by atoms with Gasteiger partial charge in [-0.3, -0.25) is 9.69 Å². The summed E-state index contributed by atoms with van der Waals surface area (Å²) < 4.78 is 1.12. The van der Waals surface area contributed by atoms with Gasteiger partial charge in [0.25, 0.3) is 0 Å². The van der Waals surface area contributed by atoms with E-state index in [0.717, 1.165) is 27.6 Å². The minimum Gasteiger partial charge on any atom is -0.384 e. The Hall–Kier alpha value is -1.91. The van der Waals surface area contributed by atoms with Crippen LogP contribution in [0.4, 0.5) is 5.69 Å². The lowest BCUT2D eigenvalue weighted by Gasteiger charge is -2.39. The van der Waals surface area contributed by atoms with E-state index in [2.05, 4.69) is 13.0 Å². The topological polar surface area (TPSA) is 70.1 Å². The maximum absolute atomic E-state index is 13.2. The molecule has 2 aromatic rings. The van der Waals surface area contributed by atoms with Crippen LogP contribution in [0.2, 0.25) is 10.0 Å². The molecule has 1 atom stereocenters. The van der Waals surface area contributed by atoms with Crippen molar-refractivity contribution in [3.8, 4) is 6.07 Å². The first-order chi connectivity index (χ1) is 14.5. The fourth-order valence-corrected chi connectivity index (χ4v) is 6.44. The monoisotopic (exact) mass is 475 g/mol. The number of carbonyl (C=O) groups is 1. The molecule has 0 radical (unpaired) electrons. The molecule has 0 spiro atoms. The highest BCUT2D eigenvalue weighted by Gasteiger charge is 2.41. The Morgan fingerprint density at radius 3 is 2.80 bits per heavy atom. The molecular weight excluding hydrogens is 457 g/mol. The summed E-state index contributed by atoms with van der Waals surface area (Å²) in [5, 5.41) is 12.9. The number of rotatable bonds is 4. The first-order valence-corrected chi connectivity index (χ1v) is 12.2. The summed E-state index contributed by atoms with van der Waals surface area (Å²) in [5.74, 6) is 0.895. The predicted molar refractivity (Wildman–Crippen MR) is 125 cm³/mol. The number of anilines is 1. The number of Topliss-reactive ketones (excluding diaryl/α,β-unsaturated/α-hetero) is 1. The van der Waals surface area contributed by atoms with Gasteiger partial charge in [0, 0.05) is 23.4 Å². The molecule has 0 unspecified atom stereocenters. The summed E-state index contributed by atoms with van der Waals surface area (Å²) >= 11 is 15.7. The molecule has 1 aliphatic heterocycles. The molecular formula is C22H19Cl2N3OS2. The number of thioether (sulfide) groups is 1. The highest BCUT2D eigenvalue weighted by Crippen LogP contribution is 2.49. The van der Waals surface area contributed by atoms with Gasteiger partial charge in [0.2, 0.25) is 0 Å². The predicted octanol–water partition coefficient (Wildman–Crippen LogP) is 6.47. The Morgan fingerprint density at radius 2 is 2.10 bits per heavy atom. The second-order valence-electron chi connectivity index (χ2n) is 7.01. The smallest absolute Gasteiger partial charge is 0.161 e. The van der Waals surface area contributed by atoms with Crippen molar-refractivity contribution in [1.82, 2.24) is 0 Å². The van der Waals surface area contributed by atoms with E-state index in [-0.39, 0.29) is 5.78 Å². The van der Waals surface area contributed by atoms with Crippen molar-refractivity contribution in [2.45, 2.75) is 36.3 Å². The highest BCUT2D eigenvalue weighted by atomic mass is 35.5. The summed E-state index contributed by atoms with van der Waals surface area (Å²) in [5.41, 5.74) is 10.2. The molecule has 154 valence electrons. The van der Waals surface area contributed by atoms with Gasteiger partial charge in [0.15, 0.2) is 5.78 Å². The van der Waals surface area contributed by atoms with E-state index in [0.29, 0.717) is 45.5 Å². The molecule has 1 aromatic carbocycles. The van der Waals surface area contributed by atoms with Gasteiger partial charge in [0.1, 0.15) is 5.82 Å². The van der Waals surface area contributed by atoms with E-state index in [1.165, 1.54) is 0 Å². The normalized spacial score (nSPS) is 19.2. The number of hydrogen-bond donors (Lipinski definition) is 1. The fourth-order valence-electron chi connectivity index (χ4n) is 4.08. The highest BCUT2D eigenvalue weighted by molar-refractivity contribution is 8.01. The van der Waals surface area contributed by atoms with Crippen molar-refractivity contribution in [1.29, 1.82) is 5.26 Å². The number of halogens is 2. The van der Waals surface area contributed by atoms with Crippen LogP contribution in [0, 0.1) is 11.3 Å². The molecule has 8 heteroatoms. The quantitative estimate of drug-likeness (QED) is 0.512. The molecule has 4 nitrogen and oxygen atoms in total. The van der Waals surface area contributed by atoms with Crippen LogP contribution in [0.5, 0.6) is 0 Å². The summed E-state index contributed by atoms with van der Waals surface area (Å²) in [7, 11) is 0. The van der Waals surface area contributed by atoms with Crippen LogP contribution < -0.4 is 10.6 Å². The van der Waals surface area contributed by atoms with E-state index in [9.17, 15) is 10.1 Å². The standard InChI is InChI=1S/C22H19Cl2N3OS2/c1-2-29-22-13(8-9-30-22)19-14(11-25)21(26)27(12-6-7-15(23)16(24)10-12)17-4-3-5-18(28)20(17)19/h6-10,19H,2-5,26H2,1H3/t19-/m0/s1. The summed E-state index contributed by atoms with van der Waals surface area (Å²) in [6.07, 6.45) is 1.93. The van der Waals surface area contributed by atoms with Gasteiger partial charge < -0.3 is 5.73 Å². The zero-order chi connectivity index (χ0) is 21.4. The molecule has 2 aliphatic rings. The second-order valence-corrected chi connectivity index (χ2v) is 10.3. The van der Waals surface area contributed by atoms with E-state index in [4.69, 9.17) is 28.9 Å². The third kappa shape index (κ3) is 3.54. The molecule has 0 amide bonds. The van der Waals surface area contributed by atoms with E-state index in [1.807, 2.05) is 22.4 Å². The van der Waals surface area contributed by atoms with E-state index in [1.54, 1.807) is 35.2 Å². The summed E-state index contributed by atoms with van der Waals surface area (Å²) in [6.45, 7) is 2.09. The van der Waals surface area contributed by atoms with Crippen molar-refractivity contribution >= 4 is 57.8 Å². The third-order valence-electron chi connectivity index (χ3n) is 5.32. The lowest BCUT2D eigenvalue weighted by molar-refractivity contribution is -0.116. The number of allylic oxidation sites excluding steroid dienone is 3. The SMILES string of the molecule is CCSc1sccc1[C@H]1C(C#N)=C(N)N(c2ccc(Cl)c(Cl)c2)C2=C1C(=O)CCC2. The summed E-state index contributed by atoms with van der Waals surface area (Å²) in [4.78, 5) is 15.0. The number of carbonyl (C=O) groups excluding carboxylic acids is 1. The molecule has 0 saturated heterocycles. The van der Waals surface area contributed by atoms with Gasteiger partial charge in [-0.15, -0.1) is 23.1 Å². The maximum Gasteiger partial charge on any atom is 0.161 e. The van der Waals surface area contributed by atoms with Crippen molar-refractivity contribution < 1.29 is 4.79 Å². The number of benzene rings is 1. The Kier molecular flexibility index (Phi) is 6.17. The number of nitriles is 1. The molecule has 1 aliphatic carbocycles. The van der Waals surface area contributed by atoms with Gasteiger partial charge in [-0.2, -0.15) is 5.26 Å². The Morgan fingerprint density at radius 1 is 1.30 bits per heavy atom. The van der Waals surface area contributed by atoms with E-state index < -0.39 is 5.92 Å². The van der Waals surface area contributed by atoms with Gasteiger partial charge >= 0.3 is 0 Å². The molecule has 0 fully saturated rings. The summed E-state index contributed by atoms with van der Waals surface area (Å²) in [6, 6.07) is 9.55. The zero-order valence-corrected chi connectivity index (χ0v) is 19.4. The van der Waals surface area contributed by atoms with Crippen LogP contribution in [0.1, 0.15) is 37.7 Å². The molecule has 1 aromatic heterocycles. The van der Waals surface area contributed by atoms with Gasteiger partial charge in [-0.25, -0.2) is 0 Å². The van der Waals surface area contributed by atoms with Gasteiger partial charge in [-0.05, 0) is 53.8 Å². The molecule has 0 saturated carbocycles. The van der Waals surface area contributed by atoms with Crippen LogP contribution in [0.3, 0.4) is 0 Å². The lowest BCUT2D eigenvalue weighted by atomic mass is 9.76. The van der Waals surface area contributed by atoms with Crippen LogP contribution in [0.15, 0.2) is 56.5 Å². The molecule has 0 bridgehead atoms. The van der Waals surface area contributed by atoms with Gasteiger partial charge in [-0.1, -0.05) is 30.1 Å². The Balaban J connectivity index is 1.96. The first-order valence-electron chi connectivity index (χ1n) is 9.59. The van der Waals surface area contributed by atoms with E-state index >= 15 is 0 Å². The molecule has 2 N–H and O–H groups in total. The fraction of sp³-hybridized carbons (Fsp3) is 0.273. The number of ketones is 1. The average molecular weight is 476 g/mol. The van der Waals surface area contributed by atoms with Crippen molar-refractivity contribution in [3.63, 3.8) is 0 Å². The number of nitrogens with zero attached hydrogens (tertiary/aromatic N) is 2. The van der Waals surface area contributed by atoms with Crippen LogP contribution >= 0.6 is 46.3 Å². The number of hydrogen-bond acceptors (Lipinski definition) is 6. The largest absolute Gasteiger partial charge is 0.384 e. The molecule has 4 rings (SSSR count). The van der Waals surface area contributed by atoms with Crippen molar-refractivity contribution in [2.24, 2.45) is 5.73 Å². The Bertz CT molecular complexity index is 1130. The molecule has 30 heavy (non-hydrogen) atoms. The lowest BCUT2D eigenvalue weighted by Crippen LogP contribution is -2.38. The third-order valence-corrected chi connectivity index (χ3v) is 8.21. The van der Waals surface area contributed by atoms with Crippen molar-refractivity contribution in [3.05, 3.63) is 67.9 Å². The van der Waals surface area contributed by atoms with Gasteiger partial charge in [0.05, 0.1) is 31.8 Å². The second kappa shape index (κ2) is 8.68. The molecule has 2 heterocycles. The average Bonchev–Trinajstić information content (AvgIpc) is 3.18. The Labute approximate surface area is 194 Å². The number of thiophene rings is 1. The van der Waals surface area contributed by atoms with Crippen molar-refractivity contribution in [2.75, 3.05) is 10.7 Å². The maximum atomic E-state index is 13.2. The minimum atomic E-state index is -0.433. The van der Waals surface area contributed by atoms with Crippen LogP contribution in [-0.2, 0) is 4.79 Å². The first kappa shape index (κ1) is 21.3. The minimum absolute atomic E-state index is 0.0743. The van der Waals surface area contributed by atoms with Crippen LogP contribution in [-0.4, -0.2) is 11.5 Å². The number of nitrogens with two attached hydrogens (primary N) is 1. The van der Waals surface area contributed by atoms with Crippen LogP contribution in [0.25, 0.3) is 0 Å².